The molecule has 0 amide bonds. The van der Waals surface area contributed by atoms with Crippen LogP contribution in [0.5, 0.6) is 5.75 Å². The molecule has 0 fully saturated rings. The van der Waals surface area contributed by atoms with Crippen LogP contribution in [0.2, 0.25) is 5.02 Å². The van der Waals surface area contributed by atoms with Crippen LogP contribution in [0.3, 0.4) is 0 Å². The van der Waals surface area contributed by atoms with E-state index in [0.717, 1.165) is 11.3 Å². The number of ether oxygens (including phenoxy) is 1. The lowest BCUT2D eigenvalue weighted by molar-refractivity contribution is 0.199. The van der Waals surface area contributed by atoms with E-state index in [1.54, 1.807) is 13.0 Å². The van der Waals surface area contributed by atoms with Crippen molar-refractivity contribution in [3.05, 3.63) is 28.8 Å². The zero-order chi connectivity index (χ0) is 13.8. The summed E-state index contributed by atoms with van der Waals surface area (Å²) in [6, 6.07) is 5.40. The first kappa shape index (κ1) is 15.7. The minimum atomic E-state index is -0.506. The molecule has 0 radical (unpaired) electrons. The summed E-state index contributed by atoms with van der Waals surface area (Å²) in [5.74, 6) is 1.61. The zero-order valence-corrected chi connectivity index (χ0v) is 12.9. The fraction of sp³-hybridized carbons (Fsp3) is 0.571. The van der Waals surface area contributed by atoms with Gasteiger partial charge in [-0.05, 0) is 24.6 Å². The number of thioether (sulfide) groups is 1. The van der Waals surface area contributed by atoms with Crippen molar-refractivity contribution in [1.29, 1.82) is 0 Å². The van der Waals surface area contributed by atoms with Gasteiger partial charge in [-0.3, -0.25) is 0 Å². The van der Waals surface area contributed by atoms with Gasteiger partial charge in [0.25, 0.3) is 0 Å². The summed E-state index contributed by atoms with van der Waals surface area (Å²) in [5, 5.41) is 9.99. The van der Waals surface area contributed by atoms with E-state index in [1.165, 1.54) is 0 Å². The third kappa shape index (κ3) is 5.51. The van der Waals surface area contributed by atoms with Crippen molar-refractivity contribution in [2.24, 2.45) is 0 Å². The summed E-state index contributed by atoms with van der Waals surface area (Å²) in [7, 11) is 0. The quantitative estimate of drug-likeness (QED) is 0.819. The van der Waals surface area contributed by atoms with Crippen molar-refractivity contribution in [3.63, 3.8) is 0 Å². The summed E-state index contributed by atoms with van der Waals surface area (Å²) in [6.45, 7) is 8.90. The summed E-state index contributed by atoms with van der Waals surface area (Å²) < 4.78 is 5.89. The van der Waals surface area contributed by atoms with E-state index < -0.39 is 6.10 Å². The van der Waals surface area contributed by atoms with Gasteiger partial charge in [-0.2, -0.15) is 11.8 Å². The molecule has 0 aliphatic rings. The first-order chi connectivity index (χ1) is 8.29. The number of aliphatic hydroxyl groups is 1. The molecular formula is C14H21ClO2S. The van der Waals surface area contributed by atoms with Crippen LogP contribution in [0.25, 0.3) is 0 Å². The Kier molecular flexibility index (Phi) is 5.83. The molecule has 1 rings (SSSR count). The standard InChI is InChI=1S/C14H21ClO2S/c1-10(16)11-5-6-13(12(15)9-11)17-7-8-18-14(2,3)4/h5-6,9-10,16H,7-8H2,1-4H3. The van der Waals surface area contributed by atoms with Gasteiger partial charge in [0.15, 0.2) is 0 Å². The lowest BCUT2D eigenvalue weighted by Crippen LogP contribution is -2.11. The van der Waals surface area contributed by atoms with Crippen LogP contribution in [0, 0.1) is 0 Å². The highest BCUT2D eigenvalue weighted by Gasteiger charge is 2.10. The van der Waals surface area contributed by atoms with Crippen LogP contribution in [-0.4, -0.2) is 22.2 Å². The van der Waals surface area contributed by atoms with Gasteiger partial charge >= 0.3 is 0 Å². The Morgan fingerprint density at radius 3 is 2.56 bits per heavy atom. The van der Waals surface area contributed by atoms with E-state index in [9.17, 15) is 5.11 Å². The summed E-state index contributed by atoms with van der Waals surface area (Å²) in [6.07, 6.45) is -0.506. The Morgan fingerprint density at radius 1 is 1.39 bits per heavy atom. The van der Waals surface area contributed by atoms with E-state index >= 15 is 0 Å². The molecule has 4 heteroatoms. The normalized spacial score (nSPS) is 13.4. The molecule has 1 aromatic rings. The highest BCUT2D eigenvalue weighted by Crippen LogP contribution is 2.28. The van der Waals surface area contributed by atoms with Crippen LogP contribution in [0.1, 0.15) is 39.4 Å². The van der Waals surface area contributed by atoms with E-state index in [1.807, 2.05) is 23.9 Å². The van der Waals surface area contributed by atoms with Gasteiger partial charge in [0, 0.05) is 10.5 Å². The molecule has 1 N–H and O–H groups in total. The third-order valence-corrected chi connectivity index (χ3v) is 3.85. The number of halogens is 1. The number of rotatable bonds is 5. The molecule has 1 atom stereocenters. The van der Waals surface area contributed by atoms with Crippen molar-refractivity contribution >= 4 is 23.4 Å². The Labute approximate surface area is 119 Å². The number of aliphatic hydroxyl groups excluding tert-OH is 1. The molecule has 0 aromatic heterocycles. The Bertz CT molecular complexity index is 386. The van der Waals surface area contributed by atoms with Crippen LogP contribution in [-0.2, 0) is 0 Å². The van der Waals surface area contributed by atoms with Crippen molar-refractivity contribution in [2.45, 2.75) is 38.5 Å². The van der Waals surface area contributed by atoms with Gasteiger partial charge in [-0.25, -0.2) is 0 Å². The second-order valence-corrected chi connectivity index (χ2v) is 7.50. The molecule has 0 spiro atoms. The van der Waals surface area contributed by atoms with Crippen molar-refractivity contribution in [1.82, 2.24) is 0 Å². The van der Waals surface area contributed by atoms with E-state index in [2.05, 4.69) is 20.8 Å². The van der Waals surface area contributed by atoms with Crippen molar-refractivity contribution in [3.8, 4) is 5.75 Å². The van der Waals surface area contributed by atoms with Crippen molar-refractivity contribution < 1.29 is 9.84 Å². The Morgan fingerprint density at radius 2 is 2.06 bits per heavy atom. The first-order valence-electron chi connectivity index (χ1n) is 6.04. The van der Waals surface area contributed by atoms with E-state index in [4.69, 9.17) is 16.3 Å². The summed E-state index contributed by atoms with van der Waals surface area (Å²) in [5.41, 5.74) is 0.802. The maximum atomic E-state index is 9.44. The molecule has 0 saturated heterocycles. The highest BCUT2D eigenvalue weighted by atomic mass is 35.5. The Hall–Kier alpha value is -0.380. The lowest BCUT2D eigenvalue weighted by atomic mass is 10.1. The lowest BCUT2D eigenvalue weighted by Gasteiger charge is -2.17. The number of benzene rings is 1. The molecular weight excluding hydrogens is 268 g/mol. The minimum Gasteiger partial charge on any atom is -0.491 e. The molecule has 1 aromatic carbocycles. The largest absolute Gasteiger partial charge is 0.491 e. The average Bonchev–Trinajstić information content (AvgIpc) is 2.24. The van der Waals surface area contributed by atoms with Gasteiger partial charge in [-0.15, -0.1) is 0 Å². The zero-order valence-electron chi connectivity index (χ0n) is 11.4. The second kappa shape index (κ2) is 6.69. The van der Waals surface area contributed by atoms with Gasteiger partial charge in [0.1, 0.15) is 5.75 Å². The molecule has 2 nitrogen and oxygen atoms in total. The smallest absolute Gasteiger partial charge is 0.137 e. The fourth-order valence-electron chi connectivity index (χ4n) is 1.39. The molecule has 1 unspecified atom stereocenters. The topological polar surface area (TPSA) is 29.5 Å². The molecule has 0 saturated carbocycles. The molecule has 102 valence electrons. The van der Waals surface area contributed by atoms with Gasteiger partial charge in [-0.1, -0.05) is 38.4 Å². The number of hydrogen-bond donors (Lipinski definition) is 1. The molecule has 0 heterocycles. The third-order valence-electron chi connectivity index (χ3n) is 2.31. The van der Waals surface area contributed by atoms with E-state index in [-0.39, 0.29) is 4.75 Å². The summed E-state index contributed by atoms with van der Waals surface area (Å²) >= 11 is 7.96. The van der Waals surface area contributed by atoms with Gasteiger partial charge < -0.3 is 9.84 Å². The van der Waals surface area contributed by atoms with Crippen LogP contribution < -0.4 is 4.74 Å². The molecule has 0 aliphatic heterocycles. The van der Waals surface area contributed by atoms with Gasteiger partial charge in [0.2, 0.25) is 0 Å². The average molecular weight is 289 g/mol. The second-order valence-electron chi connectivity index (χ2n) is 5.18. The number of hydrogen-bond acceptors (Lipinski definition) is 3. The van der Waals surface area contributed by atoms with Crippen LogP contribution in [0.4, 0.5) is 0 Å². The van der Waals surface area contributed by atoms with Crippen LogP contribution in [0.15, 0.2) is 18.2 Å². The van der Waals surface area contributed by atoms with Gasteiger partial charge in [0.05, 0.1) is 17.7 Å². The molecule has 0 aliphatic carbocycles. The van der Waals surface area contributed by atoms with E-state index in [0.29, 0.717) is 17.4 Å². The first-order valence-corrected chi connectivity index (χ1v) is 7.40. The maximum Gasteiger partial charge on any atom is 0.137 e. The predicted octanol–water partition coefficient (Wildman–Crippen LogP) is 4.30. The van der Waals surface area contributed by atoms with Crippen molar-refractivity contribution in [2.75, 3.05) is 12.4 Å². The highest BCUT2D eigenvalue weighted by molar-refractivity contribution is 8.00. The fourth-order valence-corrected chi connectivity index (χ4v) is 2.42. The Balaban J connectivity index is 2.48. The summed E-state index contributed by atoms with van der Waals surface area (Å²) in [4.78, 5) is 0. The SMILES string of the molecule is CC(O)c1ccc(OCCSC(C)(C)C)c(Cl)c1. The minimum absolute atomic E-state index is 0.253. The van der Waals surface area contributed by atoms with Crippen LogP contribution >= 0.6 is 23.4 Å². The predicted molar refractivity (Wildman–Crippen MR) is 79.8 cm³/mol. The molecule has 0 bridgehead atoms. The maximum absolute atomic E-state index is 9.44. The molecule has 18 heavy (non-hydrogen) atoms. The monoisotopic (exact) mass is 288 g/mol.